The van der Waals surface area contributed by atoms with E-state index in [-0.39, 0.29) is 17.9 Å². The van der Waals surface area contributed by atoms with Gasteiger partial charge in [-0.15, -0.1) is 0 Å². The minimum Gasteiger partial charge on any atom is -0.508 e. The molecule has 6 N–H and O–H groups in total. The van der Waals surface area contributed by atoms with Crippen molar-refractivity contribution in [3.63, 3.8) is 0 Å². The minimum absolute atomic E-state index is 0.0219. The van der Waals surface area contributed by atoms with Crippen LogP contribution in [0.25, 0.3) is 0 Å². The number of aromatic hydroxyl groups is 1. The number of hydrogen-bond donors (Lipinski definition) is 6. The van der Waals surface area contributed by atoms with Crippen LogP contribution >= 0.6 is 0 Å². The van der Waals surface area contributed by atoms with E-state index >= 15 is 0 Å². The zero-order chi connectivity index (χ0) is 21.2. The first-order valence-corrected chi connectivity index (χ1v) is 9.03. The van der Waals surface area contributed by atoms with Crippen molar-refractivity contribution in [2.45, 2.75) is 31.2 Å². The summed E-state index contributed by atoms with van der Waals surface area (Å²) >= 11 is 0. The van der Waals surface area contributed by atoms with E-state index in [0.717, 1.165) is 5.56 Å². The molecule has 2 atom stereocenters. The van der Waals surface area contributed by atoms with Crippen LogP contribution < -0.4 is 10.6 Å². The molecule has 29 heavy (non-hydrogen) atoms. The maximum atomic E-state index is 12.4. The molecule has 2 amide bonds. The van der Waals surface area contributed by atoms with E-state index in [1.54, 1.807) is 24.3 Å². The second-order valence-electron chi connectivity index (χ2n) is 6.39. The molecule has 0 bridgehead atoms. The van der Waals surface area contributed by atoms with Crippen LogP contribution in [0.5, 0.6) is 5.75 Å². The molecule has 1 aromatic carbocycles. The van der Waals surface area contributed by atoms with Gasteiger partial charge in [0.2, 0.25) is 5.91 Å². The lowest BCUT2D eigenvalue weighted by atomic mass is 9.76. The second-order valence-corrected chi connectivity index (χ2v) is 6.39. The molecule has 11 heteroatoms. The van der Waals surface area contributed by atoms with Crippen molar-refractivity contribution in [2.75, 3.05) is 6.61 Å². The predicted molar refractivity (Wildman–Crippen MR) is 104 cm³/mol. The average Bonchev–Trinajstić information content (AvgIpc) is 2.72. The molecule has 1 unspecified atom stereocenters. The molecule has 0 aliphatic heterocycles. The number of aliphatic hydroxyl groups excluding tert-OH is 1. The normalized spacial score (nSPS) is 12.7. The molecule has 2 aromatic rings. The van der Waals surface area contributed by atoms with Crippen LogP contribution in [0.2, 0.25) is 0 Å². The Labute approximate surface area is 167 Å². The highest BCUT2D eigenvalue weighted by Crippen LogP contribution is 2.13. The lowest BCUT2D eigenvalue weighted by Gasteiger charge is -2.22. The van der Waals surface area contributed by atoms with Crippen LogP contribution in [0.1, 0.15) is 28.9 Å². The van der Waals surface area contributed by atoms with Gasteiger partial charge in [0.1, 0.15) is 17.5 Å². The van der Waals surface area contributed by atoms with Gasteiger partial charge in [0.25, 0.3) is 5.91 Å². The third kappa shape index (κ3) is 7.14. The van der Waals surface area contributed by atoms with Crippen LogP contribution in [0.15, 0.2) is 42.9 Å². The number of aryl methyl sites for hydroxylation is 1. The molecule has 0 aliphatic carbocycles. The van der Waals surface area contributed by atoms with Gasteiger partial charge in [-0.3, -0.25) is 14.6 Å². The van der Waals surface area contributed by atoms with Crippen molar-refractivity contribution in [3.8, 4) is 5.75 Å². The van der Waals surface area contributed by atoms with Crippen LogP contribution in [0.4, 0.5) is 0 Å². The van der Waals surface area contributed by atoms with Gasteiger partial charge in [-0.2, -0.15) is 0 Å². The lowest BCUT2D eigenvalue weighted by Crippen LogP contribution is -2.55. The number of amides is 2. The number of aromatic nitrogens is 2. The van der Waals surface area contributed by atoms with Crippen molar-refractivity contribution < 1.29 is 29.9 Å². The first-order chi connectivity index (χ1) is 13.9. The summed E-state index contributed by atoms with van der Waals surface area (Å²) in [6.45, 7) is -0.681. The number of phenols is 1. The van der Waals surface area contributed by atoms with Gasteiger partial charge in [-0.1, -0.05) is 12.1 Å². The van der Waals surface area contributed by atoms with Crippen molar-refractivity contribution in [1.29, 1.82) is 0 Å². The molecular weight excluding hydrogens is 379 g/mol. The Bertz CT molecular complexity index is 791. The smallest absolute Gasteiger partial charge is 0.475 e. The maximum absolute atomic E-state index is 12.4. The van der Waals surface area contributed by atoms with Crippen molar-refractivity contribution >= 4 is 18.9 Å². The van der Waals surface area contributed by atoms with E-state index in [0.29, 0.717) is 12.8 Å². The Morgan fingerprint density at radius 3 is 2.41 bits per heavy atom. The summed E-state index contributed by atoms with van der Waals surface area (Å²) in [7, 11) is -1.81. The standard InChI is InChI=1S/C18H23BN4O6/c24-11-15(22-17(26)14-10-20-8-9-21-14)18(27)23-16(19(28)29)3-1-2-12-4-6-13(25)7-5-12/h4-10,15-16,24-25,28-29H,1-3,11H2,(H,22,26)(H,23,27)/t15?,16-/m0/s1. The topological polar surface area (TPSA) is 165 Å². The van der Waals surface area contributed by atoms with E-state index in [1.807, 2.05) is 0 Å². The Morgan fingerprint density at radius 2 is 1.83 bits per heavy atom. The Kier molecular flexibility index (Phi) is 8.53. The summed E-state index contributed by atoms with van der Waals surface area (Å²) < 4.78 is 0. The number of rotatable bonds is 10. The molecule has 1 heterocycles. The zero-order valence-electron chi connectivity index (χ0n) is 15.6. The monoisotopic (exact) mass is 402 g/mol. The Hall–Kier alpha value is -3.02. The summed E-state index contributed by atoms with van der Waals surface area (Å²) in [6, 6.07) is 5.33. The largest absolute Gasteiger partial charge is 0.508 e. The van der Waals surface area contributed by atoms with Gasteiger partial charge in [-0.25, -0.2) is 4.98 Å². The minimum atomic E-state index is -1.81. The molecule has 154 valence electrons. The van der Waals surface area contributed by atoms with E-state index in [1.165, 1.54) is 18.6 Å². The summed E-state index contributed by atoms with van der Waals surface area (Å²) in [6.07, 6.45) is 5.30. The fourth-order valence-corrected chi connectivity index (χ4v) is 2.61. The van der Waals surface area contributed by atoms with Gasteiger partial charge < -0.3 is 30.9 Å². The van der Waals surface area contributed by atoms with Crippen molar-refractivity contribution in [1.82, 2.24) is 20.6 Å². The number of phenolic OH excluding ortho intramolecular Hbond substituents is 1. The number of benzene rings is 1. The van der Waals surface area contributed by atoms with Gasteiger partial charge in [-0.05, 0) is 37.0 Å². The lowest BCUT2D eigenvalue weighted by molar-refractivity contribution is -0.124. The van der Waals surface area contributed by atoms with Crippen LogP contribution in [-0.2, 0) is 11.2 Å². The number of nitrogens with zero attached hydrogens (tertiary/aromatic N) is 2. The maximum Gasteiger partial charge on any atom is 0.475 e. The predicted octanol–water partition coefficient (Wildman–Crippen LogP) is -1.21. The van der Waals surface area contributed by atoms with Gasteiger partial charge >= 0.3 is 7.12 Å². The van der Waals surface area contributed by atoms with E-state index in [2.05, 4.69) is 20.6 Å². The summed E-state index contributed by atoms with van der Waals surface area (Å²) in [5, 5.41) is 42.6. The molecular formula is C18H23BN4O6. The number of carbonyl (C=O) groups is 2. The quantitative estimate of drug-likeness (QED) is 0.270. The van der Waals surface area contributed by atoms with Crippen molar-refractivity contribution in [2.24, 2.45) is 0 Å². The highest BCUT2D eigenvalue weighted by molar-refractivity contribution is 6.43. The van der Waals surface area contributed by atoms with Gasteiger partial charge in [0, 0.05) is 12.4 Å². The second kappa shape index (κ2) is 11.1. The number of carbonyl (C=O) groups excluding carboxylic acids is 2. The van der Waals surface area contributed by atoms with E-state index < -0.39 is 37.5 Å². The summed E-state index contributed by atoms with van der Waals surface area (Å²) in [5.74, 6) is -2.28. The molecule has 0 saturated heterocycles. The van der Waals surface area contributed by atoms with E-state index in [4.69, 9.17) is 0 Å². The molecule has 1 aromatic heterocycles. The summed E-state index contributed by atoms with van der Waals surface area (Å²) in [5.41, 5.74) is 0.927. The number of nitrogens with one attached hydrogen (secondary N) is 2. The van der Waals surface area contributed by atoms with E-state index in [9.17, 15) is 29.9 Å². The third-order valence-corrected chi connectivity index (χ3v) is 4.20. The molecule has 2 rings (SSSR count). The highest BCUT2D eigenvalue weighted by atomic mass is 16.4. The van der Waals surface area contributed by atoms with Crippen LogP contribution in [0, 0.1) is 0 Å². The highest BCUT2D eigenvalue weighted by Gasteiger charge is 2.29. The first-order valence-electron chi connectivity index (χ1n) is 9.03. The fraction of sp³-hybridized carbons (Fsp3) is 0.333. The van der Waals surface area contributed by atoms with Crippen molar-refractivity contribution in [3.05, 3.63) is 54.1 Å². The fourth-order valence-electron chi connectivity index (χ4n) is 2.61. The zero-order valence-corrected chi connectivity index (χ0v) is 15.6. The summed E-state index contributed by atoms with van der Waals surface area (Å²) in [4.78, 5) is 32.0. The number of hydrogen-bond acceptors (Lipinski definition) is 8. The molecule has 0 aliphatic rings. The Balaban J connectivity index is 1.89. The third-order valence-electron chi connectivity index (χ3n) is 4.20. The first kappa shape index (κ1) is 22.3. The van der Waals surface area contributed by atoms with Crippen LogP contribution in [-0.4, -0.2) is 67.8 Å². The Morgan fingerprint density at radius 1 is 1.10 bits per heavy atom. The molecule has 0 fully saturated rings. The molecule has 0 spiro atoms. The van der Waals surface area contributed by atoms with Gasteiger partial charge in [0.15, 0.2) is 0 Å². The molecule has 0 radical (unpaired) electrons. The molecule has 10 nitrogen and oxygen atoms in total. The average molecular weight is 402 g/mol. The molecule has 0 saturated carbocycles. The number of aliphatic hydroxyl groups is 1. The van der Waals surface area contributed by atoms with Gasteiger partial charge in [0.05, 0.1) is 18.7 Å². The SMILES string of the molecule is O=C(NC(CO)C(=O)N[C@@H](CCCc1ccc(O)cc1)B(O)O)c1cnccn1. The van der Waals surface area contributed by atoms with Crippen LogP contribution in [0.3, 0.4) is 0 Å².